The Morgan fingerprint density at radius 3 is 2.12 bits per heavy atom. The molecule has 0 saturated carbocycles. The largest absolute Gasteiger partial charge is 0.362 e. The van der Waals surface area contributed by atoms with Crippen molar-refractivity contribution >= 4 is 22.9 Å². The van der Waals surface area contributed by atoms with Crippen LogP contribution < -0.4 is 5.32 Å². The van der Waals surface area contributed by atoms with Gasteiger partial charge in [-0.3, -0.25) is 10.3 Å². The molecule has 1 atom stereocenters. The first-order chi connectivity index (χ1) is 20.8. The predicted molar refractivity (Wildman–Crippen MR) is 181 cm³/mol. The molecule has 2 N–H and O–H groups in total. The third-order valence-electron chi connectivity index (χ3n) is 8.38. The summed E-state index contributed by atoms with van der Waals surface area (Å²) in [7, 11) is 3.92. The van der Waals surface area contributed by atoms with Crippen LogP contribution in [0.1, 0.15) is 50.3 Å². The highest BCUT2D eigenvalue weighted by atomic mass is 15.4. The van der Waals surface area contributed by atoms with Crippen molar-refractivity contribution in [2.75, 3.05) is 14.1 Å². The van der Waals surface area contributed by atoms with Crippen molar-refractivity contribution in [2.45, 2.75) is 39.2 Å². The summed E-state index contributed by atoms with van der Waals surface area (Å²) in [6.07, 6.45) is 8.23. The molecule has 3 aromatic carbocycles. The molecule has 0 amide bonds. The van der Waals surface area contributed by atoms with Crippen LogP contribution in [-0.2, 0) is 0 Å². The molecule has 0 saturated heterocycles. The van der Waals surface area contributed by atoms with E-state index in [1.807, 2.05) is 67.2 Å². The number of allylic oxidation sites excluding steroid dienone is 5. The van der Waals surface area contributed by atoms with Gasteiger partial charge >= 0.3 is 0 Å². The second-order valence-corrected chi connectivity index (χ2v) is 11.3. The van der Waals surface area contributed by atoms with Gasteiger partial charge in [-0.1, -0.05) is 110 Å². The minimum Gasteiger partial charge on any atom is -0.362 e. The normalized spacial score (nSPS) is 18.9. The first-order valence-electron chi connectivity index (χ1n) is 14.8. The van der Waals surface area contributed by atoms with Gasteiger partial charge in [0.05, 0.1) is 0 Å². The van der Waals surface area contributed by atoms with E-state index in [0.29, 0.717) is 0 Å². The van der Waals surface area contributed by atoms with E-state index in [1.165, 1.54) is 22.3 Å². The molecule has 2 aliphatic rings. The standard InChI is InChI=1S/C38H41N5/c1-7-18-34-27(2)38(4,43(34)37(39)41-36(42(5)6)31-23-15-10-16-24-31)28(3)40-33-26-17-25-32(29-19-11-8-12-20-29)35(33)30-21-13-9-14-22-30/h7-16,18-24,26,39-40H,3,17,25H2,1-2,4-6H3/b18-7-,39-37?,41-36-. The van der Waals surface area contributed by atoms with Crippen molar-refractivity contribution in [3.05, 3.63) is 155 Å². The Kier molecular flexibility index (Phi) is 8.63. The van der Waals surface area contributed by atoms with Crippen molar-refractivity contribution < 1.29 is 0 Å². The molecule has 0 aromatic heterocycles. The van der Waals surface area contributed by atoms with E-state index in [-0.39, 0.29) is 5.96 Å². The number of aliphatic imine (C=N–C) groups is 1. The highest BCUT2D eigenvalue weighted by Crippen LogP contribution is 2.47. The maximum atomic E-state index is 9.26. The van der Waals surface area contributed by atoms with Gasteiger partial charge in [0.2, 0.25) is 5.96 Å². The van der Waals surface area contributed by atoms with Crippen molar-refractivity contribution in [1.82, 2.24) is 15.1 Å². The van der Waals surface area contributed by atoms with Crippen molar-refractivity contribution in [3.63, 3.8) is 0 Å². The van der Waals surface area contributed by atoms with Gasteiger partial charge < -0.3 is 10.2 Å². The third kappa shape index (κ3) is 5.63. The Hall–Kier alpha value is -4.90. The van der Waals surface area contributed by atoms with Gasteiger partial charge in [-0.25, -0.2) is 0 Å². The van der Waals surface area contributed by atoms with E-state index in [4.69, 9.17) is 4.99 Å². The third-order valence-corrected chi connectivity index (χ3v) is 8.38. The topological polar surface area (TPSA) is 54.7 Å². The maximum Gasteiger partial charge on any atom is 0.225 e. The first kappa shape index (κ1) is 29.6. The average molecular weight is 568 g/mol. The van der Waals surface area contributed by atoms with E-state index in [2.05, 4.69) is 98.6 Å². The zero-order chi connectivity index (χ0) is 30.6. The fourth-order valence-electron chi connectivity index (χ4n) is 5.99. The summed E-state index contributed by atoms with van der Waals surface area (Å²) in [4.78, 5) is 8.80. The molecule has 5 heteroatoms. The highest BCUT2D eigenvalue weighted by molar-refractivity contribution is 6.06. The van der Waals surface area contributed by atoms with Gasteiger partial charge in [0, 0.05) is 42.3 Å². The second-order valence-electron chi connectivity index (χ2n) is 11.3. The molecule has 0 radical (unpaired) electrons. The lowest BCUT2D eigenvalue weighted by Crippen LogP contribution is -2.60. The van der Waals surface area contributed by atoms with Crippen LogP contribution in [0.2, 0.25) is 0 Å². The lowest BCUT2D eigenvalue weighted by Gasteiger charge is -2.53. The Labute approximate surface area is 256 Å². The van der Waals surface area contributed by atoms with Crippen LogP contribution in [0.3, 0.4) is 0 Å². The molecule has 5 rings (SSSR count). The smallest absolute Gasteiger partial charge is 0.225 e. The minimum atomic E-state index is -0.656. The molecule has 43 heavy (non-hydrogen) atoms. The van der Waals surface area contributed by atoms with E-state index in [1.54, 1.807) is 0 Å². The van der Waals surface area contributed by atoms with Crippen LogP contribution in [-0.4, -0.2) is 41.2 Å². The Bertz CT molecular complexity index is 1660. The lowest BCUT2D eigenvalue weighted by molar-refractivity contribution is 0.261. The van der Waals surface area contributed by atoms with Gasteiger partial charge in [0.15, 0.2) is 0 Å². The zero-order valence-corrected chi connectivity index (χ0v) is 25.9. The second kappa shape index (κ2) is 12.5. The van der Waals surface area contributed by atoms with E-state index in [9.17, 15) is 5.41 Å². The summed E-state index contributed by atoms with van der Waals surface area (Å²) in [5.41, 5.74) is 9.17. The van der Waals surface area contributed by atoms with E-state index < -0.39 is 5.54 Å². The number of hydrogen-bond donors (Lipinski definition) is 2. The quantitative estimate of drug-likeness (QED) is 0.223. The van der Waals surface area contributed by atoms with Gasteiger partial charge in [0.25, 0.3) is 0 Å². The number of hydrogen-bond acceptors (Lipinski definition) is 2. The summed E-state index contributed by atoms with van der Waals surface area (Å²) in [5, 5.41) is 13.0. The van der Waals surface area contributed by atoms with Crippen LogP contribution >= 0.6 is 0 Å². The molecule has 1 heterocycles. The molecule has 1 aliphatic heterocycles. The summed E-state index contributed by atoms with van der Waals surface area (Å²) in [6, 6.07) is 31.2. The summed E-state index contributed by atoms with van der Waals surface area (Å²) in [6.45, 7) is 10.8. The highest BCUT2D eigenvalue weighted by Gasteiger charge is 2.49. The van der Waals surface area contributed by atoms with Crippen LogP contribution in [0.15, 0.2) is 143 Å². The van der Waals surface area contributed by atoms with Gasteiger partial charge in [-0.2, -0.15) is 4.99 Å². The average Bonchev–Trinajstić information content (AvgIpc) is 3.04. The van der Waals surface area contributed by atoms with Crippen LogP contribution in [0, 0.1) is 5.41 Å². The Morgan fingerprint density at radius 2 is 1.53 bits per heavy atom. The first-order valence-corrected chi connectivity index (χ1v) is 14.8. The number of nitrogens with zero attached hydrogens (tertiary/aromatic N) is 3. The molecule has 0 spiro atoms. The zero-order valence-electron chi connectivity index (χ0n) is 25.9. The number of amidine groups is 1. The van der Waals surface area contributed by atoms with Gasteiger partial charge in [-0.05, 0) is 62.0 Å². The molecule has 1 aliphatic carbocycles. The molecule has 0 fully saturated rings. The van der Waals surface area contributed by atoms with Crippen molar-refractivity contribution in [2.24, 2.45) is 4.99 Å². The number of benzene rings is 3. The fraction of sp³-hybridized carbons (Fsp3) is 0.211. The monoisotopic (exact) mass is 567 g/mol. The molecule has 218 valence electrons. The maximum absolute atomic E-state index is 9.26. The summed E-state index contributed by atoms with van der Waals surface area (Å²) in [5.74, 6) is 0.894. The van der Waals surface area contributed by atoms with Gasteiger partial charge in [-0.15, -0.1) is 0 Å². The molecular weight excluding hydrogens is 526 g/mol. The Balaban J connectivity index is 1.53. The predicted octanol–water partition coefficient (Wildman–Crippen LogP) is 8.25. The molecule has 3 aromatic rings. The van der Waals surface area contributed by atoms with E-state index >= 15 is 0 Å². The number of guanidine groups is 1. The molecular formula is C38H41N5. The molecule has 0 bridgehead atoms. The fourth-order valence-corrected chi connectivity index (χ4v) is 5.99. The number of nitrogens with one attached hydrogen (secondary N) is 2. The van der Waals surface area contributed by atoms with E-state index in [0.717, 1.165) is 46.9 Å². The van der Waals surface area contributed by atoms with Crippen LogP contribution in [0.25, 0.3) is 11.1 Å². The molecule has 1 unspecified atom stereocenters. The van der Waals surface area contributed by atoms with Gasteiger partial charge in [0.1, 0.15) is 11.4 Å². The summed E-state index contributed by atoms with van der Waals surface area (Å²) >= 11 is 0. The number of rotatable bonds is 7. The Morgan fingerprint density at radius 1 is 0.953 bits per heavy atom. The van der Waals surface area contributed by atoms with Crippen LogP contribution in [0.5, 0.6) is 0 Å². The van der Waals surface area contributed by atoms with Crippen molar-refractivity contribution in [1.29, 1.82) is 5.41 Å². The molecule has 5 nitrogen and oxygen atoms in total. The lowest BCUT2D eigenvalue weighted by atomic mass is 9.77. The summed E-state index contributed by atoms with van der Waals surface area (Å²) < 4.78 is 0. The van der Waals surface area contributed by atoms with Crippen molar-refractivity contribution in [3.8, 4) is 0 Å². The van der Waals surface area contributed by atoms with Crippen LogP contribution in [0.4, 0.5) is 0 Å². The SMILES string of the molecule is C=C(NC1=CCCC(c2ccccc2)=C1c1ccccc1)C1(C)C(C)=C(/C=C\C)N1C(=N)/N=C(/c1ccccc1)N(C)C. The minimum absolute atomic E-state index is 0.165.